The van der Waals surface area contributed by atoms with E-state index >= 15 is 0 Å². The zero-order valence-electron chi connectivity index (χ0n) is 13.7. The molecule has 0 aliphatic rings. The van der Waals surface area contributed by atoms with Crippen LogP contribution in [-0.2, 0) is 10.1 Å². The molecule has 21 heavy (non-hydrogen) atoms. The third-order valence-electron chi connectivity index (χ3n) is 3.66. The topological polar surface area (TPSA) is 54.4 Å². The Labute approximate surface area is 132 Å². The molecular formula is C17H34O3S. The van der Waals surface area contributed by atoms with Crippen molar-refractivity contribution in [1.29, 1.82) is 0 Å². The standard InChI is InChI=1S/C17H34O3S/c1-2-3-4-5-6-7-8-9-10-11-12-13-14-15-16-17-21(18,19)20/h7-8H,2-6,9-17H2,1H3,(H,18,19,20)/b8-7-. The van der Waals surface area contributed by atoms with Crippen LogP contribution in [0.25, 0.3) is 0 Å². The monoisotopic (exact) mass is 318 g/mol. The fraction of sp³-hybridized carbons (Fsp3) is 0.882. The quantitative estimate of drug-likeness (QED) is 0.246. The Morgan fingerprint density at radius 2 is 1.14 bits per heavy atom. The van der Waals surface area contributed by atoms with Gasteiger partial charge in [0.05, 0.1) is 5.75 Å². The second-order valence-corrected chi connectivity index (χ2v) is 7.44. The molecule has 0 rings (SSSR count). The zero-order chi connectivity index (χ0) is 15.8. The first-order valence-electron chi connectivity index (χ1n) is 8.66. The molecule has 0 aromatic carbocycles. The SMILES string of the molecule is CCCCCC/C=C\CCCCCCCCCS(=O)(=O)O. The van der Waals surface area contributed by atoms with Crippen LogP contribution in [0.4, 0.5) is 0 Å². The van der Waals surface area contributed by atoms with Gasteiger partial charge in [-0.3, -0.25) is 4.55 Å². The molecule has 0 spiro atoms. The fourth-order valence-electron chi connectivity index (χ4n) is 2.36. The lowest BCUT2D eigenvalue weighted by Crippen LogP contribution is -2.03. The van der Waals surface area contributed by atoms with E-state index in [4.69, 9.17) is 4.55 Å². The second kappa shape index (κ2) is 14.6. The predicted octanol–water partition coefficient (Wildman–Crippen LogP) is 5.52. The molecule has 0 aliphatic heterocycles. The summed E-state index contributed by atoms with van der Waals surface area (Å²) >= 11 is 0. The molecule has 0 amide bonds. The van der Waals surface area contributed by atoms with Crippen molar-refractivity contribution < 1.29 is 13.0 Å². The summed E-state index contributed by atoms with van der Waals surface area (Å²) in [4.78, 5) is 0. The van der Waals surface area contributed by atoms with Crippen molar-refractivity contribution in [1.82, 2.24) is 0 Å². The summed E-state index contributed by atoms with van der Waals surface area (Å²) in [5.41, 5.74) is 0. The number of rotatable bonds is 15. The smallest absolute Gasteiger partial charge is 0.264 e. The molecule has 4 heteroatoms. The lowest BCUT2D eigenvalue weighted by Gasteiger charge is -2.00. The minimum absolute atomic E-state index is 0.0873. The van der Waals surface area contributed by atoms with Gasteiger partial charge in [0.1, 0.15) is 0 Å². The van der Waals surface area contributed by atoms with Crippen molar-refractivity contribution in [3.8, 4) is 0 Å². The third kappa shape index (κ3) is 19.6. The van der Waals surface area contributed by atoms with Gasteiger partial charge in [-0.05, 0) is 32.1 Å². The summed E-state index contributed by atoms with van der Waals surface area (Å²) in [6.45, 7) is 2.24. The average molecular weight is 319 g/mol. The van der Waals surface area contributed by atoms with Crippen LogP contribution in [-0.4, -0.2) is 18.7 Å². The van der Waals surface area contributed by atoms with E-state index in [0.29, 0.717) is 6.42 Å². The zero-order valence-corrected chi connectivity index (χ0v) is 14.5. The lowest BCUT2D eigenvalue weighted by atomic mass is 10.1. The van der Waals surface area contributed by atoms with Crippen molar-refractivity contribution >= 4 is 10.1 Å². The van der Waals surface area contributed by atoms with E-state index in [1.165, 1.54) is 64.2 Å². The number of unbranched alkanes of at least 4 members (excludes halogenated alkanes) is 11. The van der Waals surface area contributed by atoms with Gasteiger partial charge in [0.2, 0.25) is 0 Å². The minimum Gasteiger partial charge on any atom is -0.286 e. The molecule has 0 saturated carbocycles. The van der Waals surface area contributed by atoms with Gasteiger partial charge < -0.3 is 0 Å². The van der Waals surface area contributed by atoms with E-state index in [9.17, 15) is 8.42 Å². The lowest BCUT2D eigenvalue weighted by molar-refractivity contribution is 0.478. The van der Waals surface area contributed by atoms with Crippen molar-refractivity contribution in [2.75, 3.05) is 5.75 Å². The number of hydrogen-bond donors (Lipinski definition) is 1. The average Bonchev–Trinajstić information content (AvgIpc) is 2.42. The third-order valence-corrected chi connectivity index (χ3v) is 4.47. The van der Waals surface area contributed by atoms with Crippen molar-refractivity contribution in [2.24, 2.45) is 0 Å². The normalized spacial score (nSPS) is 12.3. The summed E-state index contributed by atoms with van der Waals surface area (Å²) < 4.78 is 29.6. The maximum Gasteiger partial charge on any atom is 0.264 e. The van der Waals surface area contributed by atoms with Gasteiger partial charge in [0, 0.05) is 0 Å². The Balaban J connectivity index is 3.13. The molecule has 126 valence electrons. The van der Waals surface area contributed by atoms with Crippen molar-refractivity contribution in [3.05, 3.63) is 12.2 Å². The summed E-state index contributed by atoms with van der Waals surface area (Å²) in [7, 11) is -3.75. The number of hydrogen-bond acceptors (Lipinski definition) is 2. The van der Waals surface area contributed by atoms with Crippen molar-refractivity contribution in [3.63, 3.8) is 0 Å². The first-order valence-corrected chi connectivity index (χ1v) is 10.3. The van der Waals surface area contributed by atoms with Crippen LogP contribution in [0, 0.1) is 0 Å². The van der Waals surface area contributed by atoms with E-state index in [2.05, 4.69) is 19.1 Å². The number of allylic oxidation sites excluding steroid dienone is 2. The molecule has 0 bridgehead atoms. The van der Waals surface area contributed by atoms with Gasteiger partial charge in [-0.25, -0.2) is 0 Å². The van der Waals surface area contributed by atoms with Crippen LogP contribution in [0.15, 0.2) is 12.2 Å². The van der Waals surface area contributed by atoms with Crippen LogP contribution in [0.2, 0.25) is 0 Å². The van der Waals surface area contributed by atoms with Crippen LogP contribution in [0.1, 0.15) is 90.4 Å². The van der Waals surface area contributed by atoms with E-state index in [0.717, 1.165) is 12.8 Å². The largest absolute Gasteiger partial charge is 0.286 e. The van der Waals surface area contributed by atoms with Gasteiger partial charge in [0.15, 0.2) is 0 Å². The maximum absolute atomic E-state index is 10.5. The molecule has 0 heterocycles. The van der Waals surface area contributed by atoms with Gasteiger partial charge in [0.25, 0.3) is 10.1 Å². The summed E-state index contributed by atoms with van der Waals surface area (Å²) in [6.07, 6.45) is 19.9. The highest BCUT2D eigenvalue weighted by Gasteiger charge is 2.02. The maximum atomic E-state index is 10.5. The summed E-state index contributed by atoms with van der Waals surface area (Å²) in [5.74, 6) is -0.0873. The van der Waals surface area contributed by atoms with Gasteiger partial charge in [-0.15, -0.1) is 0 Å². The molecule has 0 aromatic heterocycles. The highest BCUT2D eigenvalue weighted by atomic mass is 32.2. The molecular weight excluding hydrogens is 284 g/mol. The first-order chi connectivity index (χ1) is 10.1. The van der Waals surface area contributed by atoms with E-state index in [1.807, 2.05) is 0 Å². The molecule has 0 fully saturated rings. The molecule has 0 aliphatic carbocycles. The predicted molar refractivity (Wildman–Crippen MR) is 91.3 cm³/mol. The highest BCUT2D eigenvalue weighted by molar-refractivity contribution is 7.85. The molecule has 0 atom stereocenters. The van der Waals surface area contributed by atoms with Crippen molar-refractivity contribution in [2.45, 2.75) is 90.4 Å². The molecule has 1 N–H and O–H groups in total. The highest BCUT2D eigenvalue weighted by Crippen LogP contribution is 2.10. The van der Waals surface area contributed by atoms with Crippen LogP contribution in [0.3, 0.4) is 0 Å². The molecule has 3 nitrogen and oxygen atoms in total. The molecule has 0 aromatic rings. The van der Waals surface area contributed by atoms with Crippen LogP contribution in [0.5, 0.6) is 0 Å². The minimum atomic E-state index is -3.75. The van der Waals surface area contributed by atoms with Gasteiger partial charge in [-0.2, -0.15) is 8.42 Å². The fourth-order valence-corrected chi connectivity index (χ4v) is 2.92. The van der Waals surface area contributed by atoms with Gasteiger partial charge in [-0.1, -0.05) is 70.4 Å². The second-order valence-electron chi connectivity index (χ2n) is 5.87. The van der Waals surface area contributed by atoms with Crippen LogP contribution < -0.4 is 0 Å². The Kier molecular flexibility index (Phi) is 14.3. The van der Waals surface area contributed by atoms with E-state index in [-0.39, 0.29) is 5.75 Å². The Morgan fingerprint density at radius 1 is 0.714 bits per heavy atom. The Hall–Kier alpha value is -0.350. The Bertz CT molecular complexity index is 334. The Morgan fingerprint density at radius 3 is 1.62 bits per heavy atom. The molecule has 0 unspecified atom stereocenters. The first kappa shape index (κ1) is 20.6. The van der Waals surface area contributed by atoms with E-state index < -0.39 is 10.1 Å². The summed E-state index contributed by atoms with van der Waals surface area (Å²) in [6, 6.07) is 0. The summed E-state index contributed by atoms with van der Waals surface area (Å²) in [5, 5.41) is 0. The molecule has 0 saturated heterocycles. The molecule has 0 radical (unpaired) electrons. The van der Waals surface area contributed by atoms with Crippen LogP contribution >= 0.6 is 0 Å². The van der Waals surface area contributed by atoms with Gasteiger partial charge >= 0.3 is 0 Å². The van der Waals surface area contributed by atoms with E-state index in [1.54, 1.807) is 0 Å².